The highest BCUT2D eigenvalue weighted by Gasteiger charge is 2.40. The van der Waals surface area contributed by atoms with Crippen LogP contribution in [-0.4, -0.2) is 120 Å². The summed E-state index contributed by atoms with van der Waals surface area (Å²) in [6.45, 7) is 11.4. The summed E-state index contributed by atoms with van der Waals surface area (Å²) in [5, 5.41) is 23.5. The number of imidazole rings is 2. The second-order valence-electron chi connectivity index (χ2n) is 17.2. The minimum Gasteiger partial charge on any atom is -0.480 e. The van der Waals surface area contributed by atoms with Crippen molar-refractivity contribution in [1.29, 1.82) is 0 Å². The van der Waals surface area contributed by atoms with Crippen LogP contribution < -0.4 is 32.3 Å². The molecule has 10 N–H and O–H groups in total. The first-order chi connectivity index (χ1) is 30.0. The number of aromatic nitrogens is 4. The van der Waals surface area contributed by atoms with Gasteiger partial charge in [-0.25, -0.2) is 14.8 Å². The van der Waals surface area contributed by atoms with Gasteiger partial charge >= 0.3 is 5.97 Å². The number of hydrogen-bond donors (Lipinski definition) is 9. The molecule has 0 saturated carbocycles. The highest BCUT2D eigenvalue weighted by atomic mass is 16.4. The molecule has 1 aromatic carbocycles. The molecule has 19 heteroatoms. The molecule has 3 heterocycles. The number of carboxylic acid groups (broad SMARTS) is 1. The van der Waals surface area contributed by atoms with Crippen molar-refractivity contribution in [3.63, 3.8) is 0 Å². The van der Waals surface area contributed by atoms with E-state index in [4.69, 9.17) is 5.73 Å². The van der Waals surface area contributed by atoms with Crippen LogP contribution in [0.4, 0.5) is 0 Å². The fourth-order valence-electron chi connectivity index (χ4n) is 7.46. The Balaban J connectivity index is 1.58. The average molecular weight is 876 g/mol. The van der Waals surface area contributed by atoms with Gasteiger partial charge in [-0.2, -0.15) is 0 Å². The quantitative estimate of drug-likeness (QED) is 0.0615. The lowest BCUT2D eigenvalue weighted by molar-refractivity contribution is -0.143. The minimum absolute atomic E-state index is 0.0198. The molecule has 2 aromatic heterocycles. The van der Waals surface area contributed by atoms with Crippen LogP contribution in [0.1, 0.15) is 90.6 Å². The van der Waals surface area contributed by atoms with E-state index in [1.54, 1.807) is 36.7 Å². The van der Waals surface area contributed by atoms with Crippen molar-refractivity contribution in [2.24, 2.45) is 23.5 Å². The summed E-state index contributed by atoms with van der Waals surface area (Å²) in [6, 6.07) is 1.18. The molecule has 0 unspecified atom stereocenters. The van der Waals surface area contributed by atoms with Gasteiger partial charge in [0.15, 0.2) is 0 Å². The SMILES string of the molecule is CC[C@H](C)[C@H](N)C(=O)N[C@@H](Cc1c[nH]cn1)C(=O)N1CCC[C@H]1C(=O)N[C@@H](Cc1ccccc1)C(=O)N[C@@H](Cc1c[nH]cn1)C(=O)N[C@@H](CC(C)C)C(=O)N[C@@H](CC(C)C)C(=O)O. The molecule has 0 spiro atoms. The smallest absolute Gasteiger partial charge is 0.326 e. The van der Waals surface area contributed by atoms with Crippen LogP contribution in [0.25, 0.3) is 0 Å². The average Bonchev–Trinajstić information content (AvgIpc) is 4.06. The van der Waals surface area contributed by atoms with Gasteiger partial charge in [-0.15, -0.1) is 0 Å². The maximum atomic E-state index is 14.4. The molecule has 4 rings (SSSR count). The van der Waals surface area contributed by atoms with Crippen LogP contribution in [-0.2, 0) is 52.8 Å². The monoisotopic (exact) mass is 876 g/mol. The third kappa shape index (κ3) is 15.0. The molecule has 6 amide bonds. The van der Waals surface area contributed by atoms with Gasteiger partial charge in [0, 0.05) is 38.2 Å². The number of nitrogens with two attached hydrogens (primary N) is 1. The zero-order valence-electron chi connectivity index (χ0n) is 37.1. The molecule has 0 bridgehead atoms. The summed E-state index contributed by atoms with van der Waals surface area (Å²) in [4.78, 5) is 111. The van der Waals surface area contributed by atoms with E-state index in [1.807, 2.05) is 47.6 Å². The molecule has 1 aliphatic rings. The second-order valence-corrected chi connectivity index (χ2v) is 17.2. The molecule has 63 heavy (non-hydrogen) atoms. The molecule has 19 nitrogen and oxygen atoms in total. The van der Waals surface area contributed by atoms with Crippen molar-refractivity contribution in [1.82, 2.24) is 51.4 Å². The Bertz CT molecular complexity index is 1960. The summed E-state index contributed by atoms with van der Waals surface area (Å²) >= 11 is 0. The number of carbonyl (C=O) groups excluding carboxylic acids is 6. The van der Waals surface area contributed by atoms with Crippen molar-refractivity contribution in [2.45, 2.75) is 135 Å². The Morgan fingerprint density at radius 1 is 0.714 bits per heavy atom. The lowest BCUT2D eigenvalue weighted by Gasteiger charge is -2.31. The molecular formula is C44H65N11O8. The van der Waals surface area contributed by atoms with Gasteiger partial charge in [-0.1, -0.05) is 78.3 Å². The number of nitrogens with one attached hydrogen (secondary N) is 7. The summed E-state index contributed by atoms with van der Waals surface area (Å²) in [5.41, 5.74) is 7.87. The van der Waals surface area contributed by atoms with Gasteiger partial charge < -0.3 is 52.3 Å². The summed E-state index contributed by atoms with van der Waals surface area (Å²) in [7, 11) is 0. The Labute approximate surface area is 368 Å². The Kier molecular flexibility index (Phi) is 18.8. The molecule has 1 fully saturated rings. The van der Waals surface area contributed by atoms with E-state index in [0.717, 1.165) is 0 Å². The summed E-state index contributed by atoms with van der Waals surface area (Å²) in [5.74, 6) is -5.19. The van der Waals surface area contributed by atoms with Crippen LogP contribution >= 0.6 is 0 Å². The Hall–Kier alpha value is -6.11. The number of hydrogen-bond acceptors (Lipinski definition) is 10. The second kappa shape index (κ2) is 23.9. The van der Waals surface area contributed by atoms with Gasteiger partial charge in [0.2, 0.25) is 35.4 Å². The van der Waals surface area contributed by atoms with Crippen molar-refractivity contribution in [3.05, 3.63) is 72.3 Å². The van der Waals surface area contributed by atoms with Crippen molar-refractivity contribution < 1.29 is 38.7 Å². The highest BCUT2D eigenvalue weighted by molar-refractivity contribution is 5.97. The molecule has 0 aliphatic carbocycles. The third-order valence-corrected chi connectivity index (χ3v) is 11.2. The Morgan fingerprint density at radius 3 is 1.76 bits per heavy atom. The first-order valence-corrected chi connectivity index (χ1v) is 21.8. The third-order valence-electron chi connectivity index (χ3n) is 11.2. The number of nitrogens with zero attached hydrogens (tertiary/aromatic N) is 3. The summed E-state index contributed by atoms with van der Waals surface area (Å²) < 4.78 is 0. The number of amides is 6. The number of rotatable bonds is 24. The van der Waals surface area contributed by atoms with Gasteiger partial charge in [0.05, 0.1) is 30.1 Å². The van der Waals surface area contributed by atoms with Crippen molar-refractivity contribution in [2.75, 3.05) is 6.54 Å². The standard InChI is InChI=1S/C44H65N11O8/c1-7-27(6)37(45)42(60)53-34(20-30-22-47-24-49-30)43(61)55-15-11-14-36(55)41(59)52-32(18-28-12-9-8-10-13-28)39(57)51-33(19-29-21-46-23-48-29)40(58)50-31(16-25(2)3)38(56)54-35(44(62)63)17-26(4)5/h8-10,12-13,21-27,31-37H,7,11,14-20,45H2,1-6H3,(H,46,48)(H,47,49)(H,50,58)(H,51,57)(H,52,59)(H,53,60)(H,54,56)(H,62,63)/t27-,31-,32-,33-,34-,35-,36-,37-/m0/s1. The first kappa shape index (κ1) is 49.5. The normalized spacial score (nSPS) is 17.2. The predicted molar refractivity (Wildman–Crippen MR) is 233 cm³/mol. The highest BCUT2D eigenvalue weighted by Crippen LogP contribution is 2.21. The number of H-pyrrole nitrogens is 2. The van der Waals surface area contributed by atoms with Crippen LogP contribution in [0.5, 0.6) is 0 Å². The van der Waals surface area contributed by atoms with Crippen molar-refractivity contribution >= 4 is 41.4 Å². The fourth-order valence-corrected chi connectivity index (χ4v) is 7.46. The zero-order chi connectivity index (χ0) is 46.2. The lowest BCUT2D eigenvalue weighted by Crippen LogP contribution is -2.60. The molecule has 8 atom stereocenters. The Morgan fingerprint density at radius 2 is 1.22 bits per heavy atom. The molecule has 344 valence electrons. The van der Waals surface area contributed by atoms with Gasteiger partial charge in [0.1, 0.15) is 36.3 Å². The van der Waals surface area contributed by atoms with Crippen LogP contribution in [0.3, 0.4) is 0 Å². The number of aromatic amines is 2. The molecule has 3 aromatic rings. The zero-order valence-corrected chi connectivity index (χ0v) is 37.1. The number of benzene rings is 1. The van der Waals surface area contributed by atoms with Crippen LogP contribution in [0.15, 0.2) is 55.4 Å². The summed E-state index contributed by atoms with van der Waals surface area (Å²) in [6.07, 6.45) is 7.79. The minimum atomic E-state index is -1.29. The molecular weight excluding hydrogens is 811 g/mol. The largest absolute Gasteiger partial charge is 0.480 e. The van der Waals surface area contributed by atoms with E-state index >= 15 is 0 Å². The first-order valence-electron chi connectivity index (χ1n) is 21.8. The van der Waals surface area contributed by atoms with Crippen LogP contribution in [0, 0.1) is 17.8 Å². The van der Waals surface area contributed by atoms with E-state index in [-0.39, 0.29) is 62.8 Å². The van der Waals surface area contributed by atoms with E-state index in [1.165, 1.54) is 17.6 Å². The van der Waals surface area contributed by atoms with E-state index < -0.39 is 83.7 Å². The van der Waals surface area contributed by atoms with Gasteiger partial charge in [-0.05, 0) is 49.0 Å². The van der Waals surface area contributed by atoms with E-state index in [0.29, 0.717) is 29.8 Å². The number of likely N-dealkylation sites (tertiary alicyclic amines) is 1. The topological polar surface area (TPSA) is 286 Å². The number of carbonyl (C=O) groups is 7. The van der Waals surface area contributed by atoms with E-state index in [9.17, 15) is 38.7 Å². The number of carboxylic acids is 1. The predicted octanol–water partition coefficient (Wildman–Crippen LogP) is 1.13. The molecule has 1 saturated heterocycles. The van der Waals surface area contributed by atoms with Crippen molar-refractivity contribution in [3.8, 4) is 0 Å². The number of aliphatic carboxylic acids is 1. The maximum Gasteiger partial charge on any atom is 0.326 e. The van der Waals surface area contributed by atoms with Gasteiger partial charge in [-0.3, -0.25) is 28.8 Å². The van der Waals surface area contributed by atoms with Crippen LogP contribution in [0.2, 0.25) is 0 Å². The molecule has 1 aliphatic heterocycles. The van der Waals surface area contributed by atoms with E-state index in [2.05, 4.69) is 46.5 Å². The lowest BCUT2D eigenvalue weighted by atomic mass is 9.98. The van der Waals surface area contributed by atoms with Gasteiger partial charge in [0.25, 0.3) is 0 Å². The fraction of sp³-hybridized carbons (Fsp3) is 0.568. The molecule has 0 radical (unpaired) electrons. The maximum absolute atomic E-state index is 14.4.